The summed E-state index contributed by atoms with van der Waals surface area (Å²) >= 11 is 0. The Kier molecular flexibility index (Phi) is 6.76. The highest BCUT2D eigenvalue weighted by Gasteiger charge is 2.58. The van der Waals surface area contributed by atoms with Crippen molar-refractivity contribution in [2.75, 3.05) is 7.11 Å². The molecule has 0 aromatic carbocycles. The summed E-state index contributed by atoms with van der Waals surface area (Å²) in [5, 5.41) is 17.8. The Labute approximate surface area is 213 Å². The SMILES string of the molecule is COCc1ccnc(OCc2c(-c3ccc(O[C@@H]4C[C@@H]5CC[C@](F)(C(=O)O)[C@@H]5C4)c(C)n3)nnn2C)n1. The Bertz CT molecular complexity index is 1300. The molecule has 3 aromatic rings. The Balaban J connectivity index is 1.28. The minimum absolute atomic E-state index is 0.0277. The lowest BCUT2D eigenvalue weighted by atomic mass is 9.89. The van der Waals surface area contributed by atoms with E-state index >= 15 is 0 Å². The number of aryl methyl sites for hydroxylation is 2. The molecule has 196 valence electrons. The van der Waals surface area contributed by atoms with Crippen LogP contribution >= 0.6 is 0 Å². The maximum absolute atomic E-state index is 15.0. The number of pyridine rings is 1. The van der Waals surface area contributed by atoms with Crippen molar-refractivity contribution in [2.45, 2.75) is 57.6 Å². The third-order valence-corrected chi connectivity index (χ3v) is 7.31. The summed E-state index contributed by atoms with van der Waals surface area (Å²) in [5.41, 5.74) is 1.05. The highest BCUT2D eigenvalue weighted by molar-refractivity contribution is 5.78. The number of rotatable bonds is 9. The first kappa shape index (κ1) is 25.0. The summed E-state index contributed by atoms with van der Waals surface area (Å²) in [6, 6.07) is 5.57. The number of alkyl halides is 1. The van der Waals surface area contributed by atoms with Crippen molar-refractivity contribution in [3.05, 3.63) is 41.5 Å². The fourth-order valence-corrected chi connectivity index (χ4v) is 5.42. The van der Waals surface area contributed by atoms with E-state index in [1.165, 1.54) is 0 Å². The van der Waals surface area contributed by atoms with Crippen molar-refractivity contribution in [3.8, 4) is 23.1 Å². The second-order valence-electron chi connectivity index (χ2n) is 9.62. The summed E-state index contributed by atoms with van der Waals surface area (Å²) in [6.45, 7) is 2.31. The van der Waals surface area contributed by atoms with E-state index in [4.69, 9.17) is 14.2 Å². The number of carbonyl (C=O) groups is 1. The maximum Gasteiger partial charge on any atom is 0.341 e. The third kappa shape index (κ3) is 4.85. The zero-order valence-corrected chi connectivity index (χ0v) is 20.9. The molecule has 0 radical (unpaired) electrons. The van der Waals surface area contributed by atoms with Gasteiger partial charge >= 0.3 is 12.0 Å². The van der Waals surface area contributed by atoms with Crippen LogP contribution in [0.1, 0.15) is 42.8 Å². The lowest BCUT2D eigenvalue weighted by molar-refractivity contribution is -0.153. The van der Waals surface area contributed by atoms with Crippen LogP contribution in [0.25, 0.3) is 11.4 Å². The minimum Gasteiger partial charge on any atom is -0.489 e. The lowest BCUT2D eigenvalue weighted by Gasteiger charge is -2.22. The monoisotopic (exact) mass is 512 g/mol. The number of methoxy groups -OCH3 is 1. The quantitative estimate of drug-likeness (QED) is 0.456. The normalized spacial score (nSPS) is 24.7. The van der Waals surface area contributed by atoms with E-state index in [2.05, 4.69) is 25.3 Å². The zero-order valence-electron chi connectivity index (χ0n) is 20.9. The van der Waals surface area contributed by atoms with Crippen LogP contribution in [0.3, 0.4) is 0 Å². The molecule has 2 saturated carbocycles. The zero-order chi connectivity index (χ0) is 26.2. The van der Waals surface area contributed by atoms with Crippen LogP contribution in [0.15, 0.2) is 24.4 Å². The molecular weight excluding hydrogens is 483 g/mol. The van der Waals surface area contributed by atoms with E-state index in [1.54, 1.807) is 37.2 Å². The van der Waals surface area contributed by atoms with Gasteiger partial charge in [-0.2, -0.15) is 4.98 Å². The van der Waals surface area contributed by atoms with Crippen LogP contribution in [0.4, 0.5) is 4.39 Å². The van der Waals surface area contributed by atoms with Gasteiger partial charge in [0.15, 0.2) is 0 Å². The number of fused-ring (bicyclic) bond motifs is 1. The molecule has 2 aliphatic carbocycles. The van der Waals surface area contributed by atoms with E-state index in [-0.39, 0.29) is 31.1 Å². The van der Waals surface area contributed by atoms with E-state index in [0.717, 1.165) is 0 Å². The molecule has 4 atom stereocenters. The van der Waals surface area contributed by atoms with E-state index in [0.29, 0.717) is 60.1 Å². The van der Waals surface area contributed by atoms with Gasteiger partial charge in [0.1, 0.15) is 23.7 Å². The molecule has 3 heterocycles. The number of nitrogens with zero attached hydrogens (tertiary/aromatic N) is 6. The molecule has 3 aromatic heterocycles. The largest absolute Gasteiger partial charge is 0.489 e. The van der Waals surface area contributed by atoms with Crippen molar-refractivity contribution in [1.29, 1.82) is 0 Å². The predicted molar refractivity (Wildman–Crippen MR) is 127 cm³/mol. The number of ether oxygens (including phenoxy) is 3. The average Bonchev–Trinajstić information content (AvgIpc) is 3.54. The average molecular weight is 513 g/mol. The second kappa shape index (κ2) is 10.0. The van der Waals surface area contributed by atoms with Gasteiger partial charge in [0.2, 0.25) is 5.67 Å². The smallest absolute Gasteiger partial charge is 0.341 e. The molecule has 11 nitrogen and oxygen atoms in total. The van der Waals surface area contributed by atoms with Crippen LogP contribution in [0.5, 0.6) is 11.8 Å². The van der Waals surface area contributed by atoms with Crippen LogP contribution in [0.2, 0.25) is 0 Å². The second-order valence-corrected chi connectivity index (χ2v) is 9.62. The number of hydrogen-bond donors (Lipinski definition) is 1. The Morgan fingerprint density at radius 3 is 2.84 bits per heavy atom. The molecule has 12 heteroatoms. The number of carboxylic acid groups (broad SMARTS) is 1. The lowest BCUT2D eigenvalue weighted by Crippen LogP contribution is -2.38. The van der Waals surface area contributed by atoms with Crippen LogP contribution in [-0.4, -0.2) is 59.9 Å². The van der Waals surface area contributed by atoms with Gasteiger partial charge in [-0.05, 0) is 56.7 Å². The summed E-state index contributed by atoms with van der Waals surface area (Å²) < 4.78 is 33.6. The van der Waals surface area contributed by atoms with Crippen LogP contribution < -0.4 is 9.47 Å². The van der Waals surface area contributed by atoms with E-state index in [1.807, 2.05) is 13.0 Å². The summed E-state index contributed by atoms with van der Waals surface area (Å²) in [5.74, 6) is -1.26. The van der Waals surface area contributed by atoms with E-state index < -0.39 is 17.6 Å². The standard InChI is InChI=1S/C25H29FN6O5/c1-14-21(37-17-10-15-6-8-25(26,23(33)34)18(15)11-17)5-4-19(28-14)22-20(32(2)31-30-22)13-36-24-27-9-7-16(29-24)12-35-3/h4-5,7,9,15,17-18H,6,8,10-13H2,1-3H3,(H,33,34)/t15-,17+,18+,25+/m0/s1. The first-order valence-electron chi connectivity index (χ1n) is 12.2. The van der Waals surface area contributed by atoms with Crippen molar-refractivity contribution in [2.24, 2.45) is 18.9 Å². The van der Waals surface area contributed by atoms with Gasteiger partial charge in [-0.15, -0.1) is 5.10 Å². The van der Waals surface area contributed by atoms with Crippen LogP contribution in [-0.2, 0) is 29.8 Å². The molecule has 0 saturated heterocycles. The molecular formula is C25H29FN6O5. The molecule has 2 fully saturated rings. The summed E-state index contributed by atoms with van der Waals surface area (Å²) in [6.07, 6.45) is 3.04. The summed E-state index contributed by atoms with van der Waals surface area (Å²) in [4.78, 5) is 24.6. The fraction of sp³-hybridized carbons (Fsp3) is 0.520. The summed E-state index contributed by atoms with van der Waals surface area (Å²) in [7, 11) is 3.36. The first-order valence-corrected chi connectivity index (χ1v) is 12.2. The molecule has 5 rings (SSSR count). The number of aliphatic carboxylic acids is 1. The highest BCUT2D eigenvalue weighted by atomic mass is 19.1. The number of aromatic nitrogens is 6. The topological polar surface area (TPSA) is 134 Å². The maximum atomic E-state index is 15.0. The molecule has 0 aliphatic heterocycles. The van der Waals surface area contributed by atoms with Crippen molar-refractivity contribution < 1.29 is 28.5 Å². The number of halogens is 1. The van der Waals surface area contributed by atoms with Crippen molar-refractivity contribution >= 4 is 5.97 Å². The predicted octanol–water partition coefficient (Wildman–Crippen LogP) is 3.06. The van der Waals surface area contributed by atoms with Gasteiger partial charge in [0.05, 0.1) is 29.8 Å². The van der Waals surface area contributed by atoms with Crippen molar-refractivity contribution in [1.82, 2.24) is 29.9 Å². The third-order valence-electron chi connectivity index (χ3n) is 7.31. The van der Waals surface area contributed by atoms with Crippen molar-refractivity contribution in [3.63, 3.8) is 0 Å². The Morgan fingerprint density at radius 1 is 1.24 bits per heavy atom. The van der Waals surface area contributed by atoms with Gasteiger partial charge in [-0.1, -0.05) is 5.21 Å². The van der Waals surface area contributed by atoms with Gasteiger partial charge in [-0.3, -0.25) is 0 Å². The Hall–Kier alpha value is -3.67. The van der Waals surface area contributed by atoms with Gasteiger partial charge in [0, 0.05) is 26.3 Å². The molecule has 2 aliphatic rings. The molecule has 0 amide bonds. The van der Waals surface area contributed by atoms with Gasteiger partial charge in [-0.25, -0.2) is 23.8 Å². The molecule has 1 N–H and O–H groups in total. The molecule has 0 unspecified atom stereocenters. The molecule has 0 bridgehead atoms. The fourth-order valence-electron chi connectivity index (χ4n) is 5.42. The molecule has 0 spiro atoms. The van der Waals surface area contributed by atoms with Gasteiger partial charge in [0.25, 0.3) is 0 Å². The number of hydrogen-bond acceptors (Lipinski definition) is 9. The van der Waals surface area contributed by atoms with Crippen LogP contribution in [0, 0.1) is 18.8 Å². The number of carboxylic acids is 1. The van der Waals surface area contributed by atoms with Gasteiger partial charge < -0.3 is 19.3 Å². The first-order chi connectivity index (χ1) is 17.8. The molecule has 37 heavy (non-hydrogen) atoms. The Morgan fingerprint density at radius 2 is 2.08 bits per heavy atom. The highest BCUT2D eigenvalue weighted by Crippen LogP contribution is 2.52. The van der Waals surface area contributed by atoms with E-state index in [9.17, 15) is 14.3 Å². The minimum atomic E-state index is -2.15.